The molecule has 1 aliphatic heterocycles. The van der Waals surface area contributed by atoms with Gasteiger partial charge >= 0.3 is 0 Å². The van der Waals surface area contributed by atoms with Gasteiger partial charge in [0, 0.05) is 0 Å². The molecule has 0 amide bonds. The summed E-state index contributed by atoms with van der Waals surface area (Å²) in [6.07, 6.45) is 2.00. The molecule has 3 heteroatoms. The van der Waals surface area contributed by atoms with Crippen molar-refractivity contribution in [2.75, 3.05) is 19.6 Å². The van der Waals surface area contributed by atoms with Gasteiger partial charge in [-0.3, -0.25) is 4.90 Å². The molecule has 0 aromatic heterocycles. The quantitative estimate of drug-likeness (QED) is 0.457. The summed E-state index contributed by atoms with van der Waals surface area (Å²) in [5.74, 6) is 0. The summed E-state index contributed by atoms with van der Waals surface area (Å²) >= 11 is 0. The smallest absolute Gasteiger partial charge is 0.183 e. The summed E-state index contributed by atoms with van der Waals surface area (Å²) in [6.45, 7) is 5.59. The molecular formula is C5H12N2O. The SMILES string of the molecule is CC[NH+]1C=NCC1.[OH-]. The van der Waals surface area contributed by atoms with Gasteiger partial charge in [0.2, 0.25) is 0 Å². The Morgan fingerprint density at radius 2 is 2.50 bits per heavy atom. The molecule has 0 radical (unpaired) electrons. The lowest BCUT2D eigenvalue weighted by Gasteiger charge is -2.00. The number of hydrogen-bond acceptors (Lipinski definition) is 2. The van der Waals surface area contributed by atoms with Gasteiger partial charge in [-0.25, -0.2) is 4.99 Å². The van der Waals surface area contributed by atoms with Crippen molar-refractivity contribution >= 4 is 6.34 Å². The van der Waals surface area contributed by atoms with E-state index in [2.05, 4.69) is 11.9 Å². The second-order valence-electron chi connectivity index (χ2n) is 1.80. The Labute approximate surface area is 49.3 Å². The molecule has 1 heterocycles. The second kappa shape index (κ2) is 3.57. The van der Waals surface area contributed by atoms with Crippen LogP contribution in [0.15, 0.2) is 4.99 Å². The lowest BCUT2D eigenvalue weighted by molar-refractivity contribution is -0.788. The average molecular weight is 116 g/mol. The van der Waals surface area contributed by atoms with Crippen molar-refractivity contribution in [3.05, 3.63) is 0 Å². The third-order valence-electron chi connectivity index (χ3n) is 1.29. The van der Waals surface area contributed by atoms with Crippen molar-refractivity contribution in [2.24, 2.45) is 4.99 Å². The fourth-order valence-electron chi connectivity index (χ4n) is 0.734. The summed E-state index contributed by atoms with van der Waals surface area (Å²) in [6, 6.07) is 0. The highest BCUT2D eigenvalue weighted by Gasteiger charge is 2.05. The molecule has 8 heavy (non-hydrogen) atoms. The molecule has 0 saturated carbocycles. The number of nitrogens with zero attached hydrogens (tertiary/aromatic N) is 1. The van der Waals surface area contributed by atoms with Crippen LogP contribution in [-0.2, 0) is 0 Å². The van der Waals surface area contributed by atoms with Crippen LogP contribution in [0.3, 0.4) is 0 Å². The van der Waals surface area contributed by atoms with Gasteiger partial charge in [0.25, 0.3) is 0 Å². The molecule has 0 aromatic rings. The number of hydrogen-bond donors (Lipinski definition) is 1. The van der Waals surface area contributed by atoms with Gasteiger partial charge in [-0.05, 0) is 6.92 Å². The monoisotopic (exact) mass is 116 g/mol. The molecule has 2 N–H and O–H groups in total. The van der Waals surface area contributed by atoms with E-state index >= 15 is 0 Å². The minimum Gasteiger partial charge on any atom is -0.870 e. The van der Waals surface area contributed by atoms with Crippen LogP contribution < -0.4 is 4.90 Å². The first-order valence-corrected chi connectivity index (χ1v) is 2.78. The van der Waals surface area contributed by atoms with Crippen LogP contribution in [0.4, 0.5) is 0 Å². The van der Waals surface area contributed by atoms with E-state index in [0.29, 0.717) is 0 Å². The Bertz CT molecular complexity index is 82.5. The Hall–Kier alpha value is -0.410. The maximum atomic E-state index is 4.07. The number of likely N-dealkylation sites (N-methyl/N-ethyl adjacent to an activating group) is 1. The van der Waals surface area contributed by atoms with E-state index in [0.717, 1.165) is 6.54 Å². The van der Waals surface area contributed by atoms with Gasteiger partial charge in [-0.1, -0.05) is 0 Å². The fraction of sp³-hybridized carbons (Fsp3) is 0.800. The molecule has 1 rings (SSSR count). The molecule has 0 bridgehead atoms. The van der Waals surface area contributed by atoms with Crippen LogP contribution in [0.2, 0.25) is 0 Å². The molecule has 0 aromatic carbocycles. The van der Waals surface area contributed by atoms with E-state index in [1.54, 1.807) is 0 Å². The molecule has 48 valence electrons. The van der Waals surface area contributed by atoms with Gasteiger partial charge in [-0.2, -0.15) is 0 Å². The first-order valence-electron chi connectivity index (χ1n) is 2.78. The average Bonchev–Trinajstić information content (AvgIpc) is 2.14. The van der Waals surface area contributed by atoms with Gasteiger partial charge in [0.05, 0.1) is 13.1 Å². The zero-order valence-corrected chi connectivity index (χ0v) is 5.09. The number of aliphatic imine (C=N–C) groups is 1. The third-order valence-corrected chi connectivity index (χ3v) is 1.29. The maximum absolute atomic E-state index is 4.07. The second-order valence-corrected chi connectivity index (χ2v) is 1.80. The molecule has 0 aliphatic carbocycles. The highest BCUT2D eigenvalue weighted by atomic mass is 16.0. The first-order chi connectivity index (χ1) is 3.43. The van der Waals surface area contributed by atoms with Crippen molar-refractivity contribution in [3.8, 4) is 0 Å². The largest absolute Gasteiger partial charge is 0.870 e. The van der Waals surface area contributed by atoms with Crippen LogP contribution in [0.25, 0.3) is 0 Å². The first kappa shape index (κ1) is 7.59. The predicted octanol–water partition coefficient (Wildman–Crippen LogP) is -1.24. The van der Waals surface area contributed by atoms with E-state index in [1.165, 1.54) is 18.0 Å². The van der Waals surface area contributed by atoms with Crippen LogP contribution in [0.5, 0.6) is 0 Å². The zero-order chi connectivity index (χ0) is 5.11. The van der Waals surface area contributed by atoms with Crippen molar-refractivity contribution in [3.63, 3.8) is 0 Å². The molecule has 0 fully saturated rings. The van der Waals surface area contributed by atoms with Gasteiger partial charge < -0.3 is 5.48 Å². The van der Waals surface area contributed by atoms with Crippen LogP contribution in [-0.4, -0.2) is 31.4 Å². The van der Waals surface area contributed by atoms with Crippen molar-refractivity contribution < 1.29 is 10.4 Å². The van der Waals surface area contributed by atoms with Crippen molar-refractivity contribution in [2.45, 2.75) is 6.92 Å². The normalized spacial score (nSPS) is 25.4. The Morgan fingerprint density at radius 1 is 1.75 bits per heavy atom. The van der Waals surface area contributed by atoms with Crippen molar-refractivity contribution in [1.29, 1.82) is 0 Å². The molecule has 1 atom stereocenters. The summed E-state index contributed by atoms with van der Waals surface area (Å²) in [5.41, 5.74) is 0. The molecule has 0 spiro atoms. The van der Waals surface area contributed by atoms with E-state index in [4.69, 9.17) is 0 Å². The molecule has 1 unspecified atom stereocenters. The number of rotatable bonds is 1. The summed E-state index contributed by atoms with van der Waals surface area (Å²) in [4.78, 5) is 5.57. The Morgan fingerprint density at radius 3 is 2.75 bits per heavy atom. The summed E-state index contributed by atoms with van der Waals surface area (Å²) in [7, 11) is 0. The van der Waals surface area contributed by atoms with Crippen LogP contribution >= 0.6 is 0 Å². The number of quaternary nitrogens is 1. The highest BCUT2D eigenvalue weighted by Crippen LogP contribution is 1.64. The number of nitrogens with one attached hydrogen (secondary N) is 1. The minimum atomic E-state index is 0. The molecule has 3 nitrogen and oxygen atoms in total. The van der Waals surface area contributed by atoms with Crippen molar-refractivity contribution in [1.82, 2.24) is 0 Å². The summed E-state index contributed by atoms with van der Waals surface area (Å²) < 4.78 is 0. The maximum Gasteiger partial charge on any atom is 0.183 e. The lowest BCUT2D eigenvalue weighted by Crippen LogP contribution is -3.09. The van der Waals surface area contributed by atoms with E-state index < -0.39 is 0 Å². The van der Waals surface area contributed by atoms with Gasteiger partial charge in [0.1, 0.15) is 6.54 Å². The molecule has 1 aliphatic rings. The zero-order valence-electron chi connectivity index (χ0n) is 5.09. The molecular weight excluding hydrogens is 104 g/mol. The summed E-state index contributed by atoms with van der Waals surface area (Å²) in [5, 5.41) is 0. The topological polar surface area (TPSA) is 46.8 Å². The van der Waals surface area contributed by atoms with Crippen LogP contribution in [0.1, 0.15) is 6.92 Å². The predicted molar refractivity (Wildman–Crippen MR) is 31.7 cm³/mol. The van der Waals surface area contributed by atoms with E-state index in [9.17, 15) is 0 Å². The minimum absolute atomic E-state index is 0. The van der Waals surface area contributed by atoms with Gasteiger partial charge in [0.15, 0.2) is 6.34 Å². The van der Waals surface area contributed by atoms with Crippen LogP contribution in [0, 0.1) is 0 Å². The molecule has 0 saturated heterocycles. The standard InChI is InChI=1S/C5H10N2.H2O/c1-2-7-4-3-6-5-7;/h5H,2-4H2,1H3;1H2. The highest BCUT2D eigenvalue weighted by molar-refractivity contribution is 5.44. The van der Waals surface area contributed by atoms with Gasteiger partial charge in [-0.15, -0.1) is 0 Å². The fourth-order valence-corrected chi connectivity index (χ4v) is 0.734. The van der Waals surface area contributed by atoms with E-state index in [1.807, 2.05) is 6.34 Å². The Kier molecular flexibility index (Phi) is 3.39. The lowest BCUT2D eigenvalue weighted by atomic mass is 10.6. The Balaban J connectivity index is 0.000000490. The van der Waals surface area contributed by atoms with E-state index in [-0.39, 0.29) is 5.48 Å². The third kappa shape index (κ3) is 1.60.